The lowest BCUT2D eigenvalue weighted by Gasteiger charge is -2.39. The summed E-state index contributed by atoms with van der Waals surface area (Å²) in [7, 11) is -6.34. The molecule has 1 heterocycles. The fraction of sp³-hybridized carbons (Fsp3) is 0.657. The van der Waals surface area contributed by atoms with Gasteiger partial charge in [0, 0.05) is 32.1 Å². The van der Waals surface area contributed by atoms with Crippen molar-refractivity contribution in [3.63, 3.8) is 0 Å². The molecule has 0 spiro atoms. The van der Waals surface area contributed by atoms with Gasteiger partial charge in [0.2, 0.25) is 21.8 Å². The van der Waals surface area contributed by atoms with E-state index in [0.29, 0.717) is 0 Å². The number of carbonyl (C=O) groups is 4. The van der Waals surface area contributed by atoms with Crippen LogP contribution >= 0.6 is 0 Å². The van der Waals surface area contributed by atoms with Gasteiger partial charge in [-0.05, 0) is 46.6 Å². The molecule has 1 aromatic rings. The zero-order chi connectivity index (χ0) is 38.7. The molecule has 51 heavy (non-hydrogen) atoms. The third kappa shape index (κ3) is 8.27. The molecule has 7 atom stereocenters. The van der Waals surface area contributed by atoms with Crippen LogP contribution in [0, 0.1) is 34.0 Å². The zero-order valence-corrected chi connectivity index (χ0v) is 32.9. The molecule has 2 saturated carbocycles. The highest BCUT2D eigenvalue weighted by Gasteiger charge is 2.71. The number of likely N-dealkylation sites (N-methyl/N-ethyl adjacent to an activating group) is 1. The summed E-state index contributed by atoms with van der Waals surface area (Å²) in [4.78, 5) is 57.1. The molecule has 1 saturated heterocycles. The number of rotatable bonds is 12. The number of likely N-dealkylation sites (tertiary alicyclic amines) is 1. The first-order chi connectivity index (χ1) is 23.2. The Balaban J connectivity index is 1.57. The highest BCUT2D eigenvalue weighted by Crippen LogP contribution is 2.65. The van der Waals surface area contributed by atoms with Crippen LogP contribution in [0.2, 0.25) is 0 Å². The molecule has 14 nitrogen and oxygen atoms in total. The maximum absolute atomic E-state index is 14.4. The molecule has 284 valence electrons. The van der Waals surface area contributed by atoms with Crippen LogP contribution in [0.25, 0.3) is 0 Å². The molecule has 1 aliphatic heterocycles. The predicted octanol–water partition coefficient (Wildman–Crippen LogP) is 2.06. The van der Waals surface area contributed by atoms with Crippen molar-refractivity contribution in [2.75, 3.05) is 26.4 Å². The predicted molar refractivity (Wildman–Crippen MR) is 193 cm³/mol. The highest BCUT2D eigenvalue weighted by molar-refractivity contribution is 7.90. The number of amides is 5. The number of sulfonamides is 2. The molecule has 4 N–H and O–H groups in total. The van der Waals surface area contributed by atoms with Crippen molar-refractivity contribution in [3.05, 3.63) is 43.0 Å². The van der Waals surface area contributed by atoms with E-state index in [4.69, 9.17) is 0 Å². The van der Waals surface area contributed by atoms with Gasteiger partial charge in [-0.15, -0.1) is 6.58 Å². The van der Waals surface area contributed by atoms with Crippen molar-refractivity contribution >= 4 is 43.8 Å². The normalized spacial score (nSPS) is 26.7. The summed E-state index contributed by atoms with van der Waals surface area (Å²) in [5.74, 6) is -2.75. The van der Waals surface area contributed by atoms with Gasteiger partial charge in [-0.2, -0.15) is 0 Å². The van der Waals surface area contributed by atoms with E-state index in [-0.39, 0.29) is 41.7 Å². The lowest BCUT2D eigenvalue weighted by atomic mass is 9.85. The second-order valence-corrected chi connectivity index (χ2v) is 20.8. The van der Waals surface area contributed by atoms with Gasteiger partial charge < -0.3 is 20.9 Å². The van der Waals surface area contributed by atoms with Crippen LogP contribution in [0.3, 0.4) is 0 Å². The zero-order valence-electron chi connectivity index (χ0n) is 31.2. The summed E-state index contributed by atoms with van der Waals surface area (Å²) in [5, 5.41) is 8.49. The first kappa shape index (κ1) is 40.3. The number of piperidine rings is 1. The first-order valence-electron chi connectivity index (χ1n) is 17.0. The van der Waals surface area contributed by atoms with Crippen LogP contribution in [0.4, 0.5) is 4.79 Å². The molecule has 5 amide bonds. The Kier molecular flexibility index (Phi) is 10.6. The maximum atomic E-state index is 14.4. The van der Waals surface area contributed by atoms with Crippen LogP contribution in [0.15, 0.2) is 47.9 Å². The number of fused-ring (bicyclic) bond motifs is 1. The Morgan fingerprint density at radius 2 is 1.59 bits per heavy atom. The lowest BCUT2D eigenvalue weighted by Crippen LogP contribution is -2.63. The first-order valence-corrected chi connectivity index (χ1v) is 20.4. The molecule has 3 fully saturated rings. The van der Waals surface area contributed by atoms with Crippen LogP contribution in [-0.4, -0.2) is 99.9 Å². The van der Waals surface area contributed by atoms with Crippen molar-refractivity contribution in [3.8, 4) is 0 Å². The topological polar surface area (TPSA) is 191 Å². The Hall–Kier alpha value is -3.50. The minimum atomic E-state index is -4.23. The van der Waals surface area contributed by atoms with Gasteiger partial charge in [-0.1, -0.05) is 79.7 Å². The van der Waals surface area contributed by atoms with E-state index in [0.717, 1.165) is 10.6 Å². The van der Waals surface area contributed by atoms with Crippen molar-refractivity contribution < 1.29 is 36.0 Å². The minimum Gasteiger partial charge on any atom is -0.339 e. The lowest BCUT2D eigenvalue weighted by molar-refractivity contribution is -0.144. The Morgan fingerprint density at radius 3 is 2.08 bits per heavy atom. The van der Waals surface area contributed by atoms with Crippen LogP contribution < -0.4 is 20.7 Å². The summed E-state index contributed by atoms with van der Waals surface area (Å²) in [6, 6.07) is 4.06. The third-order valence-electron chi connectivity index (χ3n) is 10.8. The van der Waals surface area contributed by atoms with Gasteiger partial charge in [0.15, 0.2) is 0 Å². The monoisotopic (exact) mass is 750 g/mol. The SMILES string of the molecule is C=CC1C[C@]1(NC(=O)C1[C@@H]2C(CN1C(=O)[C@@H](NC(=O)N[C@H](CN(C)S(C)(=O)=O)C(C)(C)C)C(C)(C)C)C2(C)C)C(=O)NS(=O)(=O)c1ccccc1. The molecule has 0 bridgehead atoms. The van der Waals surface area contributed by atoms with E-state index >= 15 is 0 Å². The molecule has 0 aromatic heterocycles. The second-order valence-electron chi connectivity index (χ2n) is 17.0. The average Bonchev–Trinajstić information content (AvgIpc) is 3.76. The van der Waals surface area contributed by atoms with E-state index < -0.39 is 84.2 Å². The van der Waals surface area contributed by atoms with Gasteiger partial charge >= 0.3 is 6.03 Å². The van der Waals surface area contributed by atoms with Gasteiger partial charge in [0.05, 0.1) is 11.2 Å². The van der Waals surface area contributed by atoms with E-state index in [1.807, 2.05) is 34.6 Å². The maximum Gasteiger partial charge on any atom is 0.315 e. The van der Waals surface area contributed by atoms with Gasteiger partial charge in [-0.25, -0.2) is 30.7 Å². The van der Waals surface area contributed by atoms with Gasteiger partial charge in [-0.3, -0.25) is 14.4 Å². The van der Waals surface area contributed by atoms with Crippen LogP contribution in [0.5, 0.6) is 0 Å². The van der Waals surface area contributed by atoms with Gasteiger partial charge in [0.25, 0.3) is 15.9 Å². The summed E-state index contributed by atoms with van der Waals surface area (Å²) in [6.45, 7) is 19.0. The Labute approximate surface area is 302 Å². The standard InChI is InChI=1S/C35H54N6O8S2/c1-12-21-18-35(21,30(44)39-51(48,49)22-16-14-13-15-17-22)38-28(42)26-25-23(34(25,8)9)19-41(26)29(43)27(33(5,6)7)37-31(45)36-24(32(2,3)4)20-40(10)50(11,46)47/h12-17,21,23-27H,1,18-20H2,2-11H3,(H,38,42)(H,39,44)(H2,36,37,45)/t21?,23?,24-,25+,26?,27-,35-/m1/s1. The number of hydrogen-bond donors (Lipinski definition) is 4. The van der Waals surface area contributed by atoms with E-state index in [9.17, 15) is 36.0 Å². The molecule has 1 aromatic carbocycles. The second kappa shape index (κ2) is 13.5. The molecular weight excluding hydrogens is 697 g/mol. The van der Waals surface area contributed by atoms with Crippen molar-refractivity contribution in [1.29, 1.82) is 0 Å². The highest BCUT2D eigenvalue weighted by atomic mass is 32.2. The molecule has 0 radical (unpaired) electrons. The van der Waals surface area contributed by atoms with E-state index in [1.54, 1.807) is 26.8 Å². The number of urea groups is 1. The van der Waals surface area contributed by atoms with Gasteiger partial charge in [0.1, 0.15) is 17.6 Å². The molecule has 3 aliphatic rings. The Bertz CT molecular complexity index is 1790. The number of hydrogen-bond acceptors (Lipinski definition) is 8. The van der Waals surface area contributed by atoms with E-state index in [2.05, 4.69) is 27.3 Å². The molecule has 4 rings (SSSR count). The molecule has 16 heteroatoms. The molecular formula is C35H54N6O8S2. The number of carbonyl (C=O) groups excluding carboxylic acids is 4. The minimum absolute atomic E-state index is 0.00434. The summed E-state index contributed by atoms with van der Waals surface area (Å²) in [5.41, 5.74) is -3.21. The molecule has 2 aliphatic carbocycles. The number of nitrogens with one attached hydrogen (secondary N) is 4. The Morgan fingerprint density at radius 1 is 1.00 bits per heavy atom. The quantitative estimate of drug-likeness (QED) is 0.234. The summed E-state index contributed by atoms with van der Waals surface area (Å²) in [6.07, 6.45) is 2.71. The number of benzene rings is 1. The van der Waals surface area contributed by atoms with Crippen LogP contribution in [0.1, 0.15) is 61.8 Å². The third-order valence-corrected chi connectivity index (χ3v) is 13.5. The summed E-state index contributed by atoms with van der Waals surface area (Å²) >= 11 is 0. The largest absolute Gasteiger partial charge is 0.339 e. The molecule has 3 unspecified atom stereocenters. The van der Waals surface area contributed by atoms with E-state index in [1.165, 1.54) is 42.3 Å². The smallest absolute Gasteiger partial charge is 0.315 e. The van der Waals surface area contributed by atoms with Crippen molar-refractivity contribution in [2.45, 2.75) is 90.4 Å². The van der Waals surface area contributed by atoms with Crippen molar-refractivity contribution in [2.24, 2.45) is 34.0 Å². The van der Waals surface area contributed by atoms with Crippen molar-refractivity contribution in [1.82, 2.24) is 29.9 Å². The fourth-order valence-corrected chi connectivity index (χ4v) is 8.57. The number of nitrogens with zero attached hydrogens (tertiary/aromatic N) is 2. The average molecular weight is 751 g/mol. The van der Waals surface area contributed by atoms with Crippen LogP contribution in [-0.2, 0) is 34.4 Å². The summed E-state index contributed by atoms with van der Waals surface area (Å²) < 4.78 is 53.6. The fourth-order valence-electron chi connectivity index (χ4n) is 7.09.